The average molecular weight is 547 g/mol. The van der Waals surface area contributed by atoms with Crippen molar-refractivity contribution in [3.8, 4) is 0 Å². The molecule has 0 saturated carbocycles. The van der Waals surface area contributed by atoms with Gasteiger partial charge in [-0.15, -0.1) is 0 Å². The lowest BCUT2D eigenvalue weighted by Crippen LogP contribution is -2.56. The summed E-state index contributed by atoms with van der Waals surface area (Å²) in [6.07, 6.45) is 3.64. The summed E-state index contributed by atoms with van der Waals surface area (Å²) in [6, 6.07) is 22.8. The van der Waals surface area contributed by atoms with Gasteiger partial charge in [-0.3, -0.25) is 19.5 Å². The number of pyridine rings is 1. The second kappa shape index (κ2) is 11.5. The van der Waals surface area contributed by atoms with Gasteiger partial charge in [0.1, 0.15) is 0 Å². The Morgan fingerprint density at radius 1 is 0.947 bits per heavy atom. The number of fused-ring (bicyclic) bond motifs is 1. The Balaban J connectivity index is 1.51. The molecule has 1 aliphatic heterocycles. The van der Waals surface area contributed by atoms with Crippen LogP contribution in [0.25, 0.3) is 10.8 Å². The number of amides is 2. The zero-order valence-corrected chi connectivity index (χ0v) is 22.5. The molecular weight excluding hydrogens is 519 g/mol. The molecule has 0 bridgehead atoms. The van der Waals surface area contributed by atoms with Crippen LogP contribution in [0, 0.1) is 0 Å². The summed E-state index contributed by atoms with van der Waals surface area (Å²) in [5.41, 5.74) is 2.57. The zero-order chi connectivity index (χ0) is 26.6. The Kier molecular flexibility index (Phi) is 7.93. The normalized spacial score (nSPS) is 16.1. The Labute approximate surface area is 232 Å². The van der Waals surface area contributed by atoms with Crippen molar-refractivity contribution in [3.63, 3.8) is 0 Å². The summed E-state index contributed by atoms with van der Waals surface area (Å²) in [4.78, 5) is 34.8. The number of nitrogens with one attached hydrogen (secondary N) is 1. The van der Waals surface area contributed by atoms with Crippen LogP contribution in [-0.4, -0.2) is 59.3 Å². The molecule has 1 aliphatic rings. The van der Waals surface area contributed by atoms with Crippen molar-refractivity contribution >= 4 is 45.8 Å². The van der Waals surface area contributed by atoms with Gasteiger partial charge >= 0.3 is 0 Å². The molecule has 1 N–H and O–H groups in total. The molecule has 1 aromatic heterocycles. The maximum Gasteiger partial charge on any atom is 0.256 e. The molecule has 1 unspecified atom stereocenters. The lowest BCUT2D eigenvalue weighted by Gasteiger charge is -2.45. The van der Waals surface area contributed by atoms with Crippen LogP contribution in [0.4, 0.5) is 0 Å². The van der Waals surface area contributed by atoms with Crippen LogP contribution in [0.15, 0.2) is 85.2 Å². The fourth-order valence-corrected chi connectivity index (χ4v) is 5.68. The van der Waals surface area contributed by atoms with Crippen molar-refractivity contribution in [2.24, 2.45) is 0 Å². The Morgan fingerprint density at radius 2 is 1.63 bits per heavy atom. The fourth-order valence-electron chi connectivity index (χ4n) is 5.28. The molecule has 38 heavy (non-hydrogen) atoms. The number of carbonyl (C=O) groups is 2. The van der Waals surface area contributed by atoms with Crippen LogP contribution in [0.5, 0.6) is 0 Å². The van der Waals surface area contributed by atoms with Gasteiger partial charge in [0.25, 0.3) is 5.91 Å². The number of nitrogens with zero attached hydrogens (tertiary/aromatic N) is 3. The molecule has 1 saturated heterocycles. The molecule has 194 valence electrons. The molecule has 0 spiro atoms. The number of aromatic nitrogens is 1. The number of carbonyl (C=O) groups excluding carboxylic acids is 2. The van der Waals surface area contributed by atoms with E-state index in [0.29, 0.717) is 35.2 Å². The van der Waals surface area contributed by atoms with Gasteiger partial charge in [-0.25, -0.2) is 0 Å². The zero-order valence-electron chi connectivity index (χ0n) is 21.0. The quantitative estimate of drug-likeness (QED) is 0.342. The summed E-state index contributed by atoms with van der Waals surface area (Å²) in [5, 5.41) is 5.80. The Bertz CT molecular complexity index is 1430. The first-order chi connectivity index (χ1) is 18.4. The largest absolute Gasteiger partial charge is 0.359 e. The van der Waals surface area contributed by atoms with Gasteiger partial charge in [0.2, 0.25) is 5.91 Å². The maximum atomic E-state index is 13.8. The van der Waals surface area contributed by atoms with E-state index in [1.165, 1.54) is 0 Å². The van der Waals surface area contributed by atoms with Crippen LogP contribution in [0.1, 0.15) is 33.9 Å². The number of piperazine rings is 1. The van der Waals surface area contributed by atoms with E-state index in [9.17, 15) is 9.59 Å². The molecule has 0 aliphatic carbocycles. The second-order valence-corrected chi connectivity index (χ2v) is 10.3. The summed E-state index contributed by atoms with van der Waals surface area (Å²) in [5.74, 6) is -0.171. The Hall–Kier alpha value is -3.45. The third-order valence-corrected chi connectivity index (χ3v) is 7.54. The van der Waals surface area contributed by atoms with E-state index in [0.717, 1.165) is 21.9 Å². The molecule has 2 amide bonds. The van der Waals surface area contributed by atoms with E-state index < -0.39 is 0 Å². The van der Waals surface area contributed by atoms with Crippen LogP contribution in [0.2, 0.25) is 10.0 Å². The highest BCUT2D eigenvalue weighted by Crippen LogP contribution is 2.35. The first-order valence-corrected chi connectivity index (χ1v) is 13.3. The van der Waals surface area contributed by atoms with E-state index in [4.69, 9.17) is 23.2 Å². The lowest BCUT2D eigenvalue weighted by atomic mass is 9.93. The summed E-state index contributed by atoms with van der Waals surface area (Å²) in [7, 11) is 1.63. The molecule has 0 radical (unpaired) electrons. The number of benzene rings is 3. The van der Waals surface area contributed by atoms with Crippen molar-refractivity contribution in [2.75, 3.05) is 26.7 Å². The molecule has 1 atom stereocenters. The van der Waals surface area contributed by atoms with Gasteiger partial charge < -0.3 is 10.2 Å². The lowest BCUT2D eigenvalue weighted by molar-refractivity contribution is -0.122. The predicted molar refractivity (Wildman–Crippen MR) is 152 cm³/mol. The van der Waals surface area contributed by atoms with Gasteiger partial charge in [0.15, 0.2) is 0 Å². The van der Waals surface area contributed by atoms with Crippen molar-refractivity contribution in [3.05, 3.63) is 112 Å². The molecule has 8 heteroatoms. The number of halogens is 2. The second-order valence-electron chi connectivity index (χ2n) is 9.44. The molecular formula is C30H28Cl2N4O2. The van der Waals surface area contributed by atoms with Gasteiger partial charge in [-0.2, -0.15) is 0 Å². The van der Waals surface area contributed by atoms with Gasteiger partial charge in [0.05, 0.1) is 11.6 Å². The van der Waals surface area contributed by atoms with Crippen LogP contribution in [-0.2, 0) is 4.79 Å². The average Bonchev–Trinajstić information content (AvgIpc) is 2.93. The first kappa shape index (κ1) is 26.2. The predicted octanol–water partition coefficient (Wildman–Crippen LogP) is 5.59. The van der Waals surface area contributed by atoms with Crippen molar-refractivity contribution < 1.29 is 9.59 Å². The summed E-state index contributed by atoms with van der Waals surface area (Å²) in [6.45, 7) is 1.46. The maximum absolute atomic E-state index is 13.8. The molecule has 4 aromatic rings. The van der Waals surface area contributed by atoms with E-state index in [1.807, 2.05) is 77.7 Å². The standard InChI is InChI=1S/C30H28Cl2N4O2/c1-33-28(37)16-25-19-35(30(38)27-18-34-17-22-6-2-3-11-26(22)27)12-13-36(25)29(20-7-4-9-23(31)14-20)21-8-5-10-24(32)15-21/h2-11,14-15,17-18,25,29H,12-13,16,19H2,1H3,(H,33,37). The van der Waals surface area contributed by atoms with Gasteiger partial charge in [-0.05, 0) is 40.8 Å². The molecule has 5 rings (SSSR count). The van der Waals surface area contributed by atoms with Crippen LogP contribution >= 0.6 is 23.2 Å². The van der Waals surface area contributed by atoms with E-state index in [-0.39, 0.29) is 30.3 Å². The van der Waals surface area contributed by atoms with Crippen LogP contribution in [0.3, 0.4) is 0 Å². The van der Waals surface area contributed by atoms with Crippen molar-refractivity contribution in [1.29, 1.82) is 0 Å². The van der Waals surface area contributed by atoms with Gasteiger partial charge in [0, 0.05) is 67.0 Å². The van der Waals surface area contributed by atoms with E-state index in [1.54, 1.807) is 19.4 Å². The minimum Gasteiger partial charge on any atom is -0.359 e. The molecule has 6 nitrogen and oxygen atoms in total. The third-order valence-electron chi connectivity index (χ3n) is 7.07. The van der Waals surface area contributed by atoms with Crippen LogP contribution < -0.4 is 5.32 Å². The fraction of sp³-hybridized carbons (Fsp3) is 0.233. The first-order valence-electron chi connectivity index (χ1n) is 12.5. The van der Waals surface area contributed by atoms with Gasteiger partial charge in [-0.1, -0.05) is 71.7 Å². The minimum atomic E-state index is -0.237. The van der Waals surface area contributed by atoms with Crippen molar-refractivity contribution in [1.82, 2.24) is 20.1 Å². The number of rotatable bonds is 6. The van der Waals surface area contributed by atoms with E-state index in [2.05, 4.69) is 15.2 Å². The molecule has 3 aromatic carbocycles. The van der Waals surface area contributed by atoms with Crippen molar-refractivity contribution in [2.45, 2.75) is 18.5 Å². The minimum absolute atomic E-state index is 0.0853. The highest BCUT2D eigenvalue weighted by molar-refractivity contribution is 6.31. The SMILES string of the molecule is CNC(=O)CC1CN(C(=O)c2cncc3ccccc23)CCN1C(c1cccc(Cl)c1)c1cccc(Cl)c1. The number of hydrogen-bond acceptors (Lipinski definition) is 4. The highest BCUT2D eigenvalue weighted by Gasteiger charge is 2.37. The Morgan fingerprint density at radius 3 is 2.29 bits per heavy atom. The molecule has 2 heterocycles. The monoisotopic (exact) mass is 546 g/mol. The summed E-state index contributed by atoms with van der Waals surface area (Å²) < 4.78 is 0. The topological polar surface area (TPSA) is 65.5 Å². The van der Waals surface area contributed by atoms with E-state index >= 15 is 0 Å². The highest BCUT2D eigenvalue weighted by atomic mass is 35.5. The third kappa shape index (κ3) is 5.53. The summed E-state index contributed by atoms with van der Waals surface area (Å²) >= 11 is 12.8. The smallest absolute Gasteiger partial charge is 0.256 e. The molecule has 1 fully saturated rings. The number of hydrogen-bond donors (Lipinski definition) is 1.